The maximum Gasteiger partial charge on any atom is 0.420 e. The quantitative estimate of drug-likeness (QED) is 0.700. The van der Waals surface area contributed by atoms with Gasteiger partial charge in [0.25, 0.3) is 5.91 Å². The van der Waals surface area contributed by atoms with Gasteiger partial charge < -0.3 is 9.73 Å². The first-order valence-corrected chi connectivity index (χ1v) is 8.76. The summed E-state index contributed by atoms with van der Waals surface area (Å²) < 4.78 is 6.59. The van der Waals surface area contributed by atoms with Crippen LogP contribution in [-0.4, -0.2) is 28.0 Å². The van der Waals surface area contributed by atoms with Crippen molar-refractivity contribution in [2.24, 2.45) is 0 Å². The zero-order chi connectivity index (χ0) is 19.2. The van der Waals surface area contributed by atoms with Gasteiger partial charge in [-0.25, -0.2) is 9.59 Å². The number of para-hydroxylation sites is 2. The molecule has 138 valence electrons. The molecular weight excluding hydrogens is 370 g/mol. The lowest BCUT2D eigenvalue weighted by atomic mass is 9.92. The van der Waals surface area contributed by atoms with Gasteiger partial charge in [-0.15, -0.1) is 0 Å². The van der Waals surface area contributed by atoms with Gasteiger partial charge in [0, 0.05) is 18.1 Å². The smallest absolute Gasteiger partial charge is 0.408 e. The number of urea groups is 1. The first-order valence-electron chi connectivity index (χ1n) is 8.39. The Labute approximate surface area is 159 Å². The lowest BCUT2D eigenvalue weighted by Gasteiger charge is -2.22. The van der Waals surface area contributed by atoms with E-state index < -0.39 is 17.3 Å². The maximum absolute atomic E-state index is 12.9. The number of imide groups is 1. The van der Waals surface area contributed by atoms with Crippen LogP contribution in [0.3, 0.4) is 0 Å². The predicted molar refractivity (Wildman–Crippen MR) is 99.5 cm³/mol. The van der Waals surface area contributed by atoms with Crippen LogP contribution < -0.4 is 11.1 Å². The fourth-order valence-corrected chi connectivity index (χ4v) is 3.43. The fraction of sp³-hybridized carbons (Fsp3) is 0.211. The molecule has 3 aromatic rings. The van der Waals surface area contributed by atoms with E-state index in [4.69, 9.17) is 16.0 Å². The van der Waals surface area contributed by atoms with Crippen LogP contribution in [0.5, 0.6) is 0 Å². The van der Waals surface area contributed by atoms with Crippen LogP contribution >= 0.6 is 11.6 Å². The summed E-state index contributed by atoms with van der Waals surface area (Å²) in [5.74, 6) is -0.903. The van der Waals surface area contributed by atoms with Crippen LogP contribution in [0.15, 0.2) is 57.7 Å². The van der Waals surface area contributed by atoms with E-state index in [0.717, 1.165) is 4.90 Å². The van der Waals surface area contributed by atoms with E-state index in [0.29, 0.717) is 21.7 Å². The van der Waals surface area contributed by atoms with Gasteiger partial charge in [0.2, 0.25) is 0 Å². The molecule has 0 aliphatic carbocycles. The molecule has 7 nitrogen and oxygen atoms in total. The van der Waals surface area contributed by atoms with Gasteiger partial charge in [0.05, 0.1) is 5.52 Å². The van der Waals surface area contributed by atoms with Crippen LogP contribution in [0, 0.1) is 0 Å². The van der Waals surface area contributed by atoms with Gasteiger partial charge in [-0.2, -0.15) is 0 Å². The molecule has 0 radical (unpaired) electrons. The van der Waals surface area contributed by atoms with Crippen molar-refractivity contribution in [3.63, 3.8) is 0 Å². The van der Waals surface area contributed by atoms with E-state index in [2.05, 4.69) is 5.32 Å². The van der Waals surface area contributed by atoms with Crippen molar-refractivity contribution in [2.45, 2.75) is 19.0 Å². The Balaban J connectivity index is 1.58. The molecule has 1 fully saturated rings. The first kappa shape index (κ1) is 17.4. The van der Waals surface area contributed by atoms with E-state index in [1.54, 1.807) is 55.5 Å². The highest BCUT2D eigenvalue weighted by molar-refractivity contribution is 6.30. The van der Waals surface area contributed by atoms with Crippen LogP contribution in [-0.2, 0) is 16.9 Å². The second-order valence-electron chi connectivity index (χ2n) is 6.51. The summed E-state index contributed by atoms with van der Waals surface area (Å²) in [4.78, 5) is 38.5. The summed E-state index contributed by atoms with van der Waals surface area (Å²) in [6.45, 7) is 1.85. The van der Waals surface area contributed by atoms with Crippen molar-refractivity contribution in [1.29, 1.82) is 0 Å². The molecule has 0 bridgehead atoms. The number of oxazole rings is 1. The molecule has 3 amide bonds. The van der Waals surface area contributed by atoms with Crippen molar-refractivity contribution in [3.05, 3.63) is 69.7 Å². The Morgan fingerprint density at radius 1 is 1.04 bits per heavy atom. The molecular formula is C19H16ClN3O4. The molecule has 1 aliphatic heterocycles. The third-order valence-corrected chi connectivity index (χ3v) is 5.07. The topological polar surface area (TPSA) is 84.6 Å². The number of rotatable bonds is 4. The number of nitrogens with zero attached hydrogens (tertiary/aromatic N) is 2. The minimum absolute atomic E-state index is 0.0529. The average molecular weight is 386 g/mol. The number of amides is 3. The monoisotopic (exact) mass is 385 g/mol. The summed E-state index contributed by atoms with van der Waals surface area (Å²) in [5, 5.41) is 3.27. The Kier molecular flexibility index (Phi) is 4.04. The van der Waals surface area contributed by atoms with Crippen molar-refractivity contribution < 1.29 is 14.0 Å². The number of carbonyl (C=O) groups is 2. The second kappa shape index (κ2) is 6.28. The third-order valence-electron chi connectivity index (χ3n) is 4.82. The summed E-state index contributed by atoms with van der Waals surface area (Å²) in [6, 6.07) is 13.3. The molecule has 0 saturated carbocycles. The Morgan fingerprint density at radius 2 is 1.74 bits per heavy atom. The van der Waals surface area contributed by atoms with Gasteiger partial charge in [-0.05, 0) is 36.8 Å². The number of aromatic nitrogens is 1. The van der Waals surface area contributed by atoms with Crippen molar-refractivity contribution in [2.75, 3.05) is 6.54 Å². The molecule has 8 heteroatoms. The van der Waals surface area contributed by atoms with Gasteiger partial charge in [-0.3, -0.25) is 14.3 Å². The number of carbonyl (C=O) groups excluding carboxylic acids is 2. The highest BCUT2D eigenvalue weighted by atomic mass is 35.5. The minimum Gasteiger partial charge on any atom is -0.408 e. The summed E-state index contributed by atoms with van der Waals surface area (Å²) in [7, 11) is 0. The number of nitrogens with one attached hydrogen (secondary N) is 1. The van der Waals surface area contributed by atoms with Gasteiger partial charge in [0.15, 0.2) is 5.58 Å². The van der Waals surface area contributed by atoms with Crippen LogP contribution in [0.25, 0.3) is 11.1 Å². The maximum atomic E-state index is 12.9. The molecule has 1 saturated heterocycles. The number of hydrogen-bond donors (Lipinski definition) is 1. The first-order chi connectivity index (χ1) is 12.9. The van der Waals surface area contributed by atoms with E-state index in [9.17, 15) is 14.4 Å². The van der Waals surface area contributed by atoms with Gasteiger partial charge >= 0.3 is 11.8 Å². The van der Waals surface area contributed by atoms with E-state index in [-0.39, 0.29) is 19.0 Å². The average Bonchev–Trinajstić information content (AvgIpc) is 3.08. The lowest BCUT2D eigenvalue weighted by molar-refractivity contribution is -0.131. The molecule has 1 N–H and O–H groups in total. The van der Waals surface area contributed by atoms with Crippen LogP contribution in [0.4, 0.5) is 4.79 Å². The van der Waals surface area contributed by atoms with Crippen LogP contribution in [0.1, 0.15) is 12.5 Å². The van der Waals surface area contributed by atoms with Gasteiger partial charge in [-0.1, -0.05) is 35.9 Å². The minimum atomic E-state index is -1.18. The van der Waals surface area contributed by atoms with Gasteiger partial charge in [0.1, 0.15) is 5.54 Å². The SMILES string of the molecule is CC1(c2ccc(Cl)cc2)NC(=O)N(CCn2c(=O)oc3ccccc32)C1=O. The van der Waals surface area contributed by atoms with E-state index in [1.165, 1.54) is 4.57 Å². The second-order valence-corrected chi connectivity index (χ2v) is 6.94. The normalized spacial score (nSPS) is 19.7. The molecule has 27 heavy (non-hydrogen) atoms. The summed E-state index contributed by atoms with van der Waals surface area (Å²) >= 11 is 5.90. The fourth-order valence-electron chi connectivity index (χ4n) is 3.30. The number of halogens is 1. The van der Waals surface area contributed by atoms with E-state index in [1.807, 2.05) is 0 Å². The summed E-state index contributed by atoms with van der Waals surface area (Å²) in [5.41, 5.74) is 0.546. The van der Waals surface area contributed by atoms with Crippen molar-refractivity contribution >= 4 is 34.6 Å². The number of hydrogen-bond acceptors (Lipinski definition) is 4. The van der Waals surface area contributed by atoms with Crippen LogP contribution in [0.2, 0.25) is 5.02 Å². The highest BCUT2D eigenvalue weighted by Gasteiger charge is 2.48. The predicted octanol–water partition coefficient (Wildman–Crippen LogP) is 2.72. The highest BCUT2D eigenvalue weighted by Crippen LogP contribution is 2.29. The number of benzene rings is 2. The largest absolute Gasteiger partial charge is 0.420 e. The van der Waals surface area contributed by atoms with E-state index >= 15 is 0 Å². The molecule has 2 aromatic carbocycles. The molecule has 2 heterocycles. The molecule has 1 atom stereocenters. The summed E-state index contributed by atoms with van der Waals surface area (Å²) in [6.07, 6.45) is 0. The third kappa shape index (κ3) is 2.80. The Hall–Kier alpha value is -3.06. The molecule has 4 rings (SSSR count). The zero-order valence-corrected chi connectivity index (χ0v) is 15.2. The zero-order valence-electron chi connectivity index (χ0n) is 14.4. The van der Waals surface area contributed by atoms with Crippen molar-refractivity contribution in [1.82, 2.24) is 14.8 Å². The molecule has 1 aromatic heterocycles. The molecule has 0 spiro atoms. The molecule has 1 aliphatic rings. The standard InChI is InChI=1S/C19H16ClN3O4/c1-19(12-6-8-13(20)9-7-12)16(24)23(17(25)21-19)11-10-22-14-4-2-3-5-15(14)27-18(22)26/h2-9H,10-11H2,1H3,(H,21,25). The number of fused-ring (bicyclic) bond motifs is 1. The molecule has 1 unspecified atom stereocenters. The Bertz CT molecular complexity index is 1100. The Morgan fingerprint density at radius 3 is 2.48 bits per heavy atom. The lowest BCUT2D eigenvalue weighted by Crippen LogP contribution is -2.41. The van der Waals surface area contributed by atoms with Crippen molar-refractivity contribution in [3.8, 4) is 0 Å².